The van der Waals surface area contributed by atoms with Crippen molar-refractivity contribution in [3.63, 3.8) is 0 Å². The molecule has 188 valence electrons. The van der Waals surface area contributed by atoms with Gasteiger partial charge in [0.15, 0.2) is 0 Å². The van der Waals surface area contributed by atoms with Crippen LogP contribution in [0.1, 0.15) is 27.7 Å². The van der Waals surface area contributed by atoms with Crippen LogP contribution in [0.25, 0.3) is 55.0 Å². The van der Waals surface area contributed by atoms with E-state index in [1.165, 1.54) is 16.5 Å². The average Bonchev–Trinajstić information content (AvgIpc) is 3.29. The predicted octanol–water partition coefficient (Wildman–Crippen LogP) is 7.62. The number of hydrogen-bond acceptors (Lipinski definition) is 3. The molecule has 0 saturated carbocycles. The first-order chi connectivity index (χ1) is 18.2. The summed E-state index contributed by atoms with van der Waals surface area (Å²) in [5.74, 6) is 0. The standard InChI is InChI=1S/C34H31BO3/c1-33(2,36)34(3,4)38-35-29-19-18-27(24-16-14-23(15-17-24)22-10-6-5-7-11-22)31-28-20-25-12-8-9-13-26(25)21-30(28)37-32(29)31/h5-21,35-36H,1-4H3. The van der Waals surface area contributed by atoms with Crippen LogP contribution in [0.5, 0.6) is 0 Å². The minimum atomic E-state index is -0.988. The van der Waals surface area contributed by atoms with Crippen LogP contribution in [0.2, 0.25) is 0 Å². The molecular formula is C34H31BO3. The van der Waals surface area contributed by atoms with E-state index in [1.54, 1.807) is 13.8 Å². The van der Waals surface area contributed by atoms with Gasteiger partial charge in [0.1, 0.15) is 11.2 Å². The molecule has 0 unspecified atom stereocenters. The summed E-state index contributed by atoms with van der Waals surface area (Å²) in [7, 11) is 0.333. The number of hydrogen-bond donors (Lipinski definition) is 1. The third-order valence-corrected chi connectivity index (χ3v) is 7.93. The molecule has 6 rings (SSSR count). The van der Waals surface area contributed by atoms with Crippen molar-refractivity contribution >= 4 is 45.7 Å². The fraction of sp³-hybridized carbons (Fsp3) is 0.176. The molecule has 0 spiro atoms. The van der Waals surface area contributed by atoms with Crippen LogP contribution < -0.4 is 5.46 Å². The second-order valence-corrected chi connectivity index (χ2v) is 11.1. The van der Waals surface area contributed by atoms with E-state index in [0.717, 1.165) is 43.9 Å². The molecule has 0 bridgehead atoms. The van der Waals surface area contributed by atoms with Gasteiger partial charge in [-0.2, -0.15) is 0 Å². The summed E-state index contributed by atoms with van der Waals surface area (Å²) >= 11 is 0. The van der Waals surface area contributed by atoms with Gasteiger partial charge in [0.25, 0.3) is 0 Å². The van der Waals surface area contributed by atoms with Crippen LogP contribution in [0.3, 0.4) is 0 Å². The Kier molecular flexibility index (Phi) is 5.90. The number of rotatable bonds is 6. The highest BCUT2D eigenvalue weighted by atomic mass is 16.5. The van der Waals surface area contributed by atoms with Crippen molar-refractivity contribution in [2.75, 3.05) is 0 Å². The van der Waals surface area contributed by atoms with Crippen molar-refractivity contribution in [2.24, 2.45) is 0 Å². The van der Waals surface area contributed by atoms with Crippen molar-refractivity contribution in [3.05, 3.63) is 103 Å². The van der Waals surface area contributed by atoms with Gasteiger partial charge in [0.2, 0.25) is 0 Å². The Morgan fingerprint density at radius 2 is 1.29 bits per heavy atom. The fourth-order valence-electron chi connectivity index (χ4n) is 4.88. The van der Waals surface area contributed by atoms with E-state index >= 15 is 0 Å². The molecule has 4 heteroatoms. The van der Waals surface area contributed by atoms with Crippen LogP contribution in [0.4, 0.5) is 0 Å². The number of aliphatic hydroxyl groups is 1. The Labute approximate surface area is 224 Å². The lowest BCUT2D eigenvalue weighted by molar-refractivity contribution is -0.0893. The normalized spacial score (nSPS) is 12.4. The van der Waals surface area contributed by atoms with E-state index in [0.29, 0.717) is 7.48 Å². The van der Waals surface area contributed by atoms with E-state index in [-0.39, 0.29) is 0 Å². The summed E-state index contributed by atoms with van der Waals surface area (Å²) in [6.45, 7) is 7.38. The molecule has 0 radical (unpaired) electrons. The Bertz CT molecular complexity index is 1760. The Balaban J connectivity index is 1.51. The second kappa shape index (κ2) is 9.16. The minimum absolute atomic E-state index is 0.333. The van der Waals surface area contributed by atoms with Crippen LogP contribution >= 0.6 is 0 Å². The highest BCUT2D eigenvalue weighted by Gasteiger charge is 2.36. The molecule has 0 aliphatic carbocycles. The first-order valence-electron chi connectivity index (χ1n) is 13.1. The van der Waals surface area contributed by atoms with Gasteiger partial charge in [-0.3, -0.25) is 0 Å². The van der Waals surface area contributed by atoms with E-state index in [4.69, 9.17) is 9.07 Å². The highest BCUT2D eigenvalue weighted by molar-refractivity contribution is 6.52. The number of furan rings is 1. The molecule has 0 aliphatic rings. The Morgan fingerprint density at radius 3 is 1.97 bits per heavy atom. The van der Waals surface area contributed by atoms with Crippen LogP contribution in [-0.4, -0.2) is 23.8 Å². The van der Waals surface area contributed by atoms with Gasteiger partial charge in [-0.1, -0.05) is 91.0 Å². The van der Waals surface area contributed by atoms with Crippen molar-refractivity contribution < 1.29 is 14.2 Å². The van der Waals surface area contributed by atoms with Crippen molar-refractivity contribution in [1.29, 1.82) is 0 Å². The number of fused-ring (bicyclic) bond motifs is 4. The molecule has 0 aliphatic heterocycles. The van der Waals surface area contributed by atoms with Gasteiger partial charge in [-0.05, 0) is 78.3 Å². The third kappa shape index (κ3) is 4.30. The maximum Gasteiger partial charge on any atom is 0.313 e. The maximum absolute atomic E-state index is 10.6. The zero-order valence-corrected chi connectivity index (χ0v) is 22.3. The topological polar surface area (TPSA) is 42.6 Å². The van der Waals surface area contributed by atoms with Gasteiger partial charge in [0.05, 0.1) is 11.2 Å². The molecule has 6 aromatic rings. The fourth-order valence-corrected chi connectivity index (χ4v) is 4.88. The average molecular weight is 498 g/mol. The quantitative estimate of drug-likeness (QED) is 0.240. The van der Waals surface area contributed by atoms with Gasteiger partial charge < -0.3 is 14.2 Å². The van der Waals surface area contributed by atoms with Gasteiger partial charge in [-0.15, -0.1) is 0 Å². The molecule has 0 atom stereocenters. The number of benzene rings is 5. The summed E-state index contributed by atoms with van der Waals surface area (Å²) in [6.07, 6.45) is 0. The van der Waals surface area contributed by atoms with Gasteiger partial charge in [0, 0.05) is 10.8 Å². The monoisotopic (exact) mass is 498 g/mol. The lowest BCUT2D eigenvalue weighted by atomic mass is 9.81. The highest BCUT2D eigenvalue weighted by Crippen LogP contribution is 2.38. The van der Waals surface area contributed by atoms with E-state index in [9.17, 15) is 5.11 Å². The van der Waals surface area contributed by atoms with Crippen LogP contribution in [-0.2, 0) is 4.65 Å². The molecule has 38 heavy (non-hydrogen) atoms. The van der Waals surface area contributed by atoms with Crippen LogP contribution in [0, 0.1) is 0 Å². The lowest BCUT2D eigenvalue weighted by Crippen LogP contribution is -2.49. The van der Waals surface area contributed by atoms with Crippen molar-refractivity contribution in [2.45, 2.75) is 38.9 Å². The van der Waals surface area contributed by atoms with Crippen molar-refractivity contribution in [3.8, 4) is 22.3 Å². The molecule has 0 fully saturated rings. The zero-order valence-electron chi connectivity index (χ0n) is 22.3. The maximum atomic E-state index is 10.6. The zero-order chi connectivity index (χ0) is 26.5. The first kappa shape index (κ1) is 24.5. The molecule has 5 aromatic carbocycles. The summed E-state index contributed by atoms with van der Waals surface area (Å²) in [5.41, 5.74) is 5.57. The summed E-state index contributed by atoms with van der Waals surface area (Å²) in [5, 5.41) is 15.1. The molecular weight excluding hydrogens is 467 g/mol. The SMILES string of the molecule is CC(C)(O)C(C)(C)OBc1ccc(-c2ccc(-c3ccccc3)cc2)c2c1oc1cc3ccccc3cc12. The third-order valence-electron chi connectivity index (χ3n) is 7.93. The Hall–Kier alpha value is -3.86. The summed E-state index contributed by atoms with van der Waals surface area (Å²) in [4.78, 5) is 0. The largest absolute Gasteiger partial charge is 0.456 e. The van der Waals surface area contributed by atoms with E-state index in [2.05, 4.69) is 97.1 Å². The van der Waals surface area contributed by atoms with E-state index in [1.807, 2.05) is 19.9 Å². The summed E-state index contributed by atoms with van der Waals surface area (Å²) in [6, 6.07) is 36.1. The second-order valence-electron chi connectivity index (χ2n) is 11.1. The van der Waals surface area contributed by atoms with Gasteiger partial charge in [-0.25, -0.2) is 0 Å². The molecule has 3 nitrogen and oxygen atoms in total. The minimum Gasteiger partial charge on any atom is -0.456 e. The predicted molar refractivity (Wildman–Crippen MR) is 160 cm³/mol. The summed E-state index contributed by atoms with van der Waals surface area (Å²) < 4.78 is 12.8. The first-order valence-corrected chi connectivity index (χ1v) is 13.1. The molecule has 0 saturated heterocycles. The van der Waals surface area contributed by atoms with E-state index < -0.39 is 11.2 Å². The van der Waals surface area contributed by atoms with Gasteiger partial charge >= 0.3 is 7.48 Å². The molecule has 0 amide bonds. The Morgan fingerprint density at radius 1 is 0.684 bits per heavy atom. The lowest BCUT2D eigenvalue weighted by Gasteiger charge is -2.37. The molecule has 1 heterocycles. The molecule has 1 N–H and O–H groups in total. The van der Waals surface area contributed by atoms with Crippen LogP contribution in [0.15, 0.2) is 108 Å². The van der Waals surface area contributed by atoms with Crippen molar-refractivity contribution in [1.82, 2.24) is 0 Å². The smallest absolute Gasteiger partial charge is 0.313 e. The molecule has 1 aromatic heterocycles.